The Morgan fingerprint density at radius 2 is 1.86 bits per heavy atom. The molecule has 1 unspecified atom stereocenters. The van der Waals surface area contributed by atoms with Gasteiger partial charge in [0.1, 0.15) is 17.4 Å². The van der Waals surface area contributed by atoms with E-state index in [1.807, 2.05) is 19.1 Å². The van der Waals surface area contributed by atoms with Crippen LogP contribution in [-0.4, -0.2) is 38.8 Å². The Hall–Kier alpha value is -2.63. The highest BCUT2D eigenvalue weighted by atomic mass is 16.5. The summed E-state index contributed by atoms with van der Waals surface area (Å²) in [5, 5.41) is 0. The topological polar surface area (TPSA) is 74.2 Å². The maximum atomic E-state index is 13.2. The Morgan fingerprint density at radius 1 is 1.14 bits per heavy atom. The number of esters is 1. The van der Waals surface area contributed by atoms with Gasteiger partial charge in [-0.2, -0.15) is 0 Å². The van der Waals surface area contributed by atoms with Crippen molar-refractivity contribution < 1.29 is 23.8 Å². The molecule has 1 aliphatic carbocycles. The number of carbonyl (C=O) groups excluding carboxylic acids is 2. The van der Waals surface area contributed by atoms with E-state index in [2.05, 4.69) is 18.8 Å². The molecule has 0 saturated carbocycles. The molecule has 0 amide bonds. The van der Waals surface area contributed by atoms with Crippen LogP contribution in [0.5, 0.6) is 11.5 Å². The van der Waals surface area contributed by atoms with E-state index in [1.165, 1.54) is 7.11 Å². The van der Waals surface area contributed by atoms with Crippen LogP contribution in [-0.2, 0) is 14.3 Å². The van der Waals surface area contributed by atoms with Crippen molar-refractivity contribution in [2.24, 2.45) is 16.3 Å². The number of ketones is 1. The summed E-state index contributed by atoms with van der Waals surface area (Å²) in [6.45, 7) is 5.95. The van der Waals surface area contributed by atoms with Crippen LogP contribution >= 0.6 is 0 Å². The van der Waals surface area contributed by atoms with Gasteiger partial charge in [0.2, 0.25) is 0 Å². The second-order valence-electron chi connectivity index (χ2n) is 8.14. The fraction of sp³-hybridized carbons (Fsp3) is 0.500. The first-order valence-corrected chi connectivity index (χ1v) is 9.33. The first kappa shape index (κ1) is 20.1. The summed E-state index contributed by atoms with van der Waals surface area (Å²) >= 11 is 0. The lowest BCUT2D eigenvalue weighted by Gasteiger charge is -2.39. The van der Waals surface area contributed by atoms with Gasteiger partial charge in [-0.25, -0.2) is 0 Å². The predicted molar refractivity (Wildman–Crippen MR) is 106 cm³/mol. The van der Waals surface area contributed by atoms with Gasteiger partial charge < -0.3 is 14.2 Å². The molecule has 1 aliphatic heterocycles. The zero-order chi connectivity index (χ0) is 20.6. The standard InChI is InChI=1S/C22H27NO5/c1-12-18(21(25)28-6)19(14-8-7-13(26-4)9-17(14)27-5)20-15(23-12)10-22(2,3)11-16(20)24/h7-9,18-19H,10-11H2,1-6H3/t18?,19-/m1/s1. The average molecular weight is 385 g/mol. The molecule has 1 aromatic carbocycles. The monoisotopic (exact) mass is 385 g/mol. The Labute approximate surface area is 165 Å². The second-order valence-corrected chi connectivity index (χ2v) is 8.14. The van der Waals surface area contributed by atoms with Crippen molar-refractivity contribution in [1.29, 1.82) is 0 Å². The smallest absolute Gasteiger partial charge is 0.315 e. The highest BCUT2D eigenvalue weighted by Crippen LogP contribution is 2.49. The van der Waals surface area contributed by atoms with E-state index in [0.717, 1.165) is 11.3 Å². The maximum Gasteiger partial charge on any atom is 0.315 e. The third kappa shape index (κ3) is 3.43. The maximum absolute atomic E-state index is 13.2. The van der Waals surface area contributed by atoms with Crippen LogP contribution in [0.1, 0.15) is 45.1 Å². The van der Waals surface area contributed by atoms with Crippen molar-refractivity contribution in [2.75, 3.05) is 21.3 Å². The Morgan fingerprint density at radius 3 is 2.46 bits per heavy atom. The molecule has 0 fully saturated rings. The van der Waals surface area contributed by atoms with Crippen LogP contribution in [0.4, 0.5) is 0 Å². The van der Waals surface area contributed by atoms with Crippen LogP contribution in [0, 0.1) is 11.3 Å². The predicted octanol–water partition coefficient (Wildman–Crippen LogP) is 3.69. The second kappa shape index (κ2) is 7.41. The van der Waals surface area contributed by atoms with Crippen molar-refractivity contribution in [3.8, 4) is 11.5 Å². The third-order valence-corrected chi connectivity index (χ3v) is 5.53. The lowest BCUT2D eigenvalue weighted by atomic mass is 9.66. The summed E-state index contributed by atoms with van der Waals surface area (Å²) in [6, 6.07) is 5.43. The van der Waals surface area contributed by atoms with E-state index >= 15 is 0 Å². The van der Waals surface area contributed by atoms with Gasteiger partial charge in [0, 0.05) is 41.0 Å². The van der Waals surface area contributed by atoms with Gasteiger partial charge in [-0.1, -0.05) is 19.9 Å². The van der Waals surface area contributed by atoms with Crippen molar-refractivity contribution in [2.45, 2.75) is 39.5 Å². The number of hydrogen-bond donors (Lipinski definition) is 0. The lowest BCUT2D eigenvalue weighted by molar-refractivity contribution is -0.143. The molecule has 6 nitrogen and oxygen atoms in total. The number of methoxy groups -OCH3 is 3. The van der Waals surface area contributed by atoms with Crippen LogP contribution in [0.2, 0.25) is 0 Å². The molecule has 0 spiro atoms. The molecule has 2 aliphatic rings. The quantitative estimate of drug-likeness (QED) is 0.739. The number of ether oxygens (including phenoxy) is 3. The number of hydrogen-bond acceptors (Lipinski definition) is 6. The highest BCUT2D eigenvalue weighted by molar-refractivity contribution is 6.09. The summed E-state index contributed by atoms with van der Waals surface area (Å²) in [7, 11) is 4.50. The fourth-order valence-corrected chi connectivity index (χ4v) is 4.29. The summed E-state index contributed by atoms with van der Waals surface area (Å²) in [5.41, 5.74) is 2.62. The minimum Gasteiger partial charge on any atom is -0.497 e. The molecular weight excluding hydrogens is 358 g/mol. The first-order chi connectivity index (χ1) is 13.2. The molecule has 0 radical (unpaired) electrons. The number of aliphatic imine (C=N–C) groups is 1. The van der Waals surface area contributed by atoms with Crippen molar-refractivity contribution in [3.05, 3.63) is 35.0 Å². The fourth-order valence-electron chi connectivity index (χ4n) is 4.29. The van der Waals surface area contributed by atoms with Gasteiger partial charge >= 0.3 is 5.97 Å². The zero-order valence-electron chi connectivity index (χ0n) is 17.3. The Balaban J connectivity index is 2.24. The minimum absolute atomic E-state index is 0.0271. The molecule has 1 aromatic rings. The van der Waals surface area contributed by atoms with E-state index in [1.54, 1.807) is 20.3 Å². The average Bonchev–Trinajstić information content (AvgIpc) is 2.64. The number of benzene rings is 1. The Bertz CT molecular complexity index is 881. The zero-order valence-corrected chi connectivity index (χ0v) is 17.3. The number of nitrogens with zero attached hydrogens (tertiary/aromatic N) is 1. The highest BCUT2D eigenvalue weighted by Gasteiger charge is 2.46. The molecule has 0 saturated heterocycles. The molecule has 3 rings (SSSR count). The van der Waals surface area contributed by atoms with Gasteiger partial charge in [-0.05, 0) is 24.8 Å². The largest absolute Gasteiger partial charge is 0.497 e. The third-order valence-electron chi connectivity index (χ3n) is 5.53. The van der Waals surface area contributed by atoms with Gasteiger partial charge in [-0.15, -0.1) is 0 Å². The minimum atomic E-state index is -0.670. The number of Topliss-reactive ketones (excluding diaryl/α,β-unsaturated/α-hetero) is 1. The Kier molecular flexibility index (Phi) is 5.33. The van der Waals surface area contributed by atoms with E-state index in [9.17, 15) is 9.59 Å². The SMILES string of the molecule is COC(=O)C1C(C)=NC2=C(C(=O)CC(C)(C)C2)[C@@H]1c1ccc(OC)cc1OC. The van der Waals surface area contributed by atoms with E-state index in [4.69, 9.17) is 14.2 Å². The number of allylic oxidation sites excluding steroid dienone is 2. The summed E-state index contributed by atoms with van der Waals surface area (Å²) in [4.78, 5) is 30.5. The lowest BCUT2D eigenvalue weighted by Crippen LogP contribution is -2.39. The molecule has 150 valence electrons. The van der Waals surface area contributed by atoms with Gasteiger partial charge in [0.05, 0.1) is 21.3 Å². The molecule has 6 heteroatoms. The number of carbonyl (C=O) groups is 2. The summed E-state index contributed by atoms with van der Waals surface area (Å²) < 4.78 is 16.0. The summed E-state index contributed by atoms with van der Waals surface area (Å²) in [6.07, 6.45) is 1.11. The van der Waals surface area contributed by atoms with E-state index < -0.39 is 17.8 Å². The molecule has 0 N–H and O–H groups in total. The van der Waals surface area contributed by atoms with Crippen LogP contribution in [0.3, 0.4) is 0 Å². The summed E-state index contributed by atoms with van der Waals surface area (Å²) in [5.74, 6) is -0.340. The molecule has 0 aromatic heterocycles. The van der Waals surface area contributed by atoms with Crippen molar-refractivity contribution >= 4 is 17.5 Å². The molecule has 2 atom stereocenters. The number of rotatable bonds is 4. The van der Waals surface area contributed by atoms with Crippen LogP contribution in [0.15, 0.2) is 34.5 Å². The van der Waals surface area contributed by atoms with Crippen LogP contribution < -0.4 is 9.47 Å². The molecule has 28 heavy (non-hydrogen) atoms. The normalized spacial score (nSPS) is 23.6. The van der Waals surface area contributed by atoms with Crippen molar-refractivity contribution in [1.82, 2.24) is 0 Å². The molecule has 0 bridgehead atoms. The van der Waals surface area contributed by atoms with E-state index in [-0.39, 0.29) is 11.2 Å². The van der Waals surface area contributed by atoms with Crippen molar-refractivity contribution in [3.63, 3.8) is 0 Å². The van der Waals surface area contributed by atoms with Crippen LogP contribution in [0.25, 0.3) is 0 Å². The molecule has 1 heterocycles. The van der Waals surface area contributed by atoms with Gasteiger partial charge in [0.25, 0.3) is 0 Å². The molecular formula is C22H27NO5. The van der Waals surface area contributed by atoms with E-state index in [0.29, 0.717) is 35.6 Å². The first-order valence-electron chi connectivity index (χ1n) is 9.33. The van der Waals surface area contributed by atoms with Gasteiger partial charge in [-0.3, -0.25) is 14.6 Å². The van der Waals surface area contributed by atoms with Gasteiger partial charge in [0.15, 0.2) is 5.78 Å².